The molecule has 1 heterocycles. The van der Waals surface area contributed by atoms with Crippen LogP contribution in [-0.4, -0.2) is 19.2 Å². The predicted octanol–water partition coefficient (Wildman–Crippen LogP) is 3.72. The number of anilines is 2. The smallest absolute Gasteiger partial charge is 0.243 e. The third-order valence-electron chi connectivity index (χ3n) is 4.97. The quantitative estimate of drug-likeness (QED) is 0.756. The first kappa shape index (κ1) is 15.1. The number of carbonyl (C=O) groups excluding carboxylic acids is 1. The molecule has 1 amide bonds. The fourth-order valence-corrected chi connectivity index (χ4v) is 3.76. The molecule has 0 atom stereocenters. The van der Waals surface area contributed by atoms with Gasteiger partial charge in [0.05, 0.1) is 6.54 Å². The van der Waals surface area contributed by atoms with Gasteiger partial charge in [-0.1, -0.05) is 24.3 Å². The van der Waals surface area contributed by atoms with E-state index in [0.717, 1.165) is 18.5 Å². The summed E-state index contributed by atoms with van der Waals surface area (Å²) in [6, 6.07) is 16.0. The first-order valence-electron chi connectivity index (χ1n) is 8.75. The Morgan fingerprint density at radius 2 is 1.81 bits per heavy atom. The van der Waals surface area contributed by atoms with E-state index in [4.69, 9.17) is 9.47 Å². The molecule has 0 bridgehead atoms. The first-order valence-corrected chi connectivity index (χ1v) is 8.75. The highest BCUT2D eigenvalue weighted by atomic mass is 16.7. The summed E-state index contributed by atoms with van der Waals surface area (Å²) in [6.45, 7) is 0.423. The molecule has 5 rings (SSSR count). The molecule has 1 aliphatic heterocycles. The first-order chi connectivity index (χ1) is 12.8. The maximum Gasteiger partial charge on any atom is 0.243 e. The van der Waals surface area contributed by atoms with Gasteiger partial charge in [-0.25, -0.2) is 0 Å². The summed E-state index contributed by atoms with van der Waals surface area (Å²) in [5.41, 5.74) is 4.48. The van der Waals surface area contributed by atoms with Gasteiger partial charge in [0.25, 0.3) is 0 Å². The van der Waals surface area contributed by atoms with Crippen molar-refractivity contribution in [2.75, 3.05) is 24.0 Å². The number of carbonyl (C=O) groups is 1. The molecule has 0 saturated carbocycles. The summed E-state index contributed by atoms with van der Waals surface area (Å²) >= 11 is 0. The SMILES string of the molecule is O=C(CNc1ccc2c3c(cccc13)CC2)Nc1ccc2c(c1)OCO2. The van der Waals surface area contributed by atoms with Gasteiger partial charge in [0.1, 0.15) is 0 Å². The minimum absolute atomic E-state index is 0.105. The molecule has 5 heteroatoms. The highest BCUT2D eigenvalue weighted by molar-refractivity contribution is 6.01. The molecule has 3 aromatic rings. The lowest BCUT2D eigenvalue weighted by molar-refractivity contribution is -0.114. The zero-order chi connectivity index (χ0) is 17.5. The minimum Gasteiger partial charge on any atom is -0.454 e. The van der Waals surface area contributed by atoms with E-state index in [9.17, 15) is 4.79 Å². The lowest BCUT2D eigenvalue weighted by Gasteiger charge is -2.12. The average Bonchev–Trinajstić information content (AvgIpc) is 3.29. The zero-order valence-electron chi connectivity index (χ0n) is 14.2. The Balaban J connectivity index is 1.31. The topological polar surface area (TPSA) is 59.6 Å². The maximum absolute atomic E-state index is 12.3. The molecule has 130 valence electrons. The van der Waals surface area contributed by atoms with Crippen LogP contribution in [0.15, 0.2) is 48.5 Å². The molecule has 0 radical (unpaired) electrons. The van der Waals surface area contributed by atoms with E-state index >= 15 is 0 Å². The third-order valence-corrected chi connectivity index (χ3v) is 4.97. The Morgan fingerprint density at radius 1 is 0.962 bits per heavy atom. The van der Waals surface area contributed by atoms with E-state index in [1.54, 1.807) is 12.1 Å². The fourth-order valence-electron chi connectivity index (χ4n) is 3.76. The molecule has 3 aromatic carbocycles. The van der Waals surface area contributed by atoms with Crippen LogP contribution in [-0.2, 0) is 17.6 Å². The standard InChI is InChI=1S/C21H18N2O3/c24-20(23-15-7-9-18-19(10-15)26-12-25-18)11-22-17-8-6-14-5-4-13-2-1-3-16(17)21(13)14/h1-3,6-10,22H,4-5,11-12H2,(H,23,24). The normalized spacial score (nSPS) is 13.8. The molecule has 5 nitrogen and oxygen atoms in total. The van der Waals surface area contributed by atoms with Crippen LogP contribution < -0.4 is 20.1 Å². The molecule has 26 heavy (non-hydrogen) atoms. The lowest BCUT2D eigenvalue weighted by Crippen LogP contribution is -2.21. The monoisotopic (exact) mass is 346 g/mol. The number of ether oxygens (including phenoxy) is 2. The van der Waals surface area contributed by atoms with Gasteiger partial charge in [0, 0.05) is 22.8 Å². The molecular formula is C21H18N2O3. The maximum atomic E-state index is 12.3. The predicted molar refractivity (Wildman–Crippen MR) is 101 cm³/mol. The summed E-state index contributed by atoms with van der Waals surface area (Å²) in [5, 5.41) is 8.69. The second kappa shape index (κ2) is 5.95. The molecule has 0 fully saturated rings. The van der Waals surface area contributed by atoms with E-state index in [2.05, 4.69) is 41.0 Å². The van der Waals surface area contributed by atoms with Gasteiger partial charge in [0.15, 0.2) is 11.5 Å². The summed E-state index contributed by atoms with van der Waals surface area (Å²) in [7, 11) is 0. The Morgan fingerprint density at radius 3 is 2.73 bits per heavy atom. The van der Waals surface area contributed by atoms with E-state index in [-0.39, 0.29) is 19.2 Å². The Labute approximate surface area is 150 Å². The van der Waals surface area contributed by atoms with E-state index in [0.29, 0.717) is 17.2 Å². The summed E-state index contributed by atoms with van der Waals surface area (Å²) < 4.78 is 10.6. The number of hydrogen-bond acceptors (Lipinski definition) is 4. The number of amides is 1. The van der Waals surface area contributed by atoms with E-state index < -0.39 is 0 Å². The molecule has 0 unspecified atom stereocenters. The van der Waals surface area contributed by atoms with Crippen molar-refractivity contribution in [2.45, 2.75) is 12.8 Å². The summed E-state index contributed by atoms with van der Waals surface area (Å²) in [5.74, 6) is 1.25. The van der Waals surface area contributed by atoms with Crippen molar-refractivity contribution in [1.82, 2.24) is 0 Å². The highest BCUT2D eigenvalue weighted by Gasteiger charge is 2.17. The minimum atomic E-state index is -0.105. The second-order valence-electron chi connectivity index (χ2n) is 6.58. The van der Waals surface area contributed by atoms with Crippen LogP contribution in [0.25, 0.3) is 10.8 Å². The van der Waals surface area contributed by atoms with Gasteiger partial charge in [-0.3, -0.25) is 4.79 Å². The van der Waals surface area contributed by atoms with Crippen molar-refractivity contribution in [1.29, 1.82) is 0 Å². The molecular weight excluding hydrogens is 328 g/mol. The third kappa shape index (κ3) is 2.52. The Kier molecular flexibility index (Phi) is 3.45. The molecule has 2 N–H and O–H groups in total. The van der Waals surface area contributed by atoms with Crippen LogP contribution in [0.5, 0.6) is 11.5 Å². The average molecular weight is 346 g/mol. The van der Waals surface area contributed by atoms with Gasteiger partial charge < -0.3 is 20.1 Å². The number of fused-ring (bicyclic) bond motifs is 1. The zero-order valence-corrected chi connectivity index (χ0v) is 14.2. The second-order valence-corrected chi connectivity index (χ2v) is 6.58. The number of nitrogens with one attached hydrogen (secondary N) is 2. The van der Waals surface area contributed by atoms with Crippen molar-refractivity contribution in [3.63, 3.8) is 0 Å². The van der Waals surface area contributed by atoms with Gasteiger partial charge in [-0.15, -0.1) is 0 Å². The molecule has 0 spiro atoms. The van der Waals surface area contributed by atoms with Gasteiger partial charge >= 0.3 is 0 Å². The molecule has 2 aliphatic rings. The fraction of sp³-hybridized carbons (Fsp3) is 0.190. The van der Waals surface area contributed by atoms with Gasteiger partial charge in [0.2, 0.25) is 12.7 Å². The molecule has 0 aromatic heterocycles. The van der Waals surface area contributed by atoms with Crippen molar-refractivity contribution in [3.8, 4) is 11.5 Å². The van der Waals surface area contributed by atoms with E-state index in [1.165, 1.54) is 21.9 Å². The van der Waals surface area contributed by atoms with Crippen molar-refractivity contribution < 1.29 is 14.3 Å². The van der Waals surface area contributed by atoms with Crippen LogP contribution in [0.2, 0.25) is 0 Å². The number of rotatable bonds is 4. The largest absolute Gasteiger partial charge is 0.454 e. The number of hydrogen-bond donors (Lipinski definition) is 2. The van der Waals surface area contributed by atoms with Gasteiger partial charge in [-0.05, 0) is 47.6 Å². The number of benzene rings is 3. The lowest BCUT2D eigenvalue weighted by atomic mass is 10.0. The van der Waals surface area contributed by atoms with Crippen LogP contribution in [0.3, 0.4) is 0 Å². The molecule has 1 aliphatic carbocycles. The Hall–Kier alpha value is -3.21. The van der Waals surface area contributed by atoms with Crippen molar-refractivity contribution in [3.05, 3.63) is 59.7 Å². The number of aryl methyl sites for hydroxylation is 2. The van der Waals surface area contributed by atoms with Crippen LogP contribution in [0, 0.1) is 0 Å². The summed E-state index contributed by atoms with van der Waals surface area (Å²) in [4.78, 5) is 12.3. The Bertz CT molecular complexity index is 1020. The van der Waals surface area contributed by atoms with E-state index in [1.807, 2.05) is 6.07 Å². The highest BCUT2D eigenvalue weighted by Crippen LogP contribution is 2.35. The van der Waals surface area contributed by atoms with Gasteiger partial charge in [-0.2, -0.15) is 0 Å². The van der Waals surface area contributed by atoms with Crippen LogP contribution >= 0.6 is 0 Å². The van der Waals surface area contributed by atoms with Crippen LogP contribution in [0.4, 0.5) is 11.4 Å². The molecule has 0 saturated heterocycles. The summed E-state index contributed by atoms with van der Waals surface area (Å²) in [6.07, 6.45) is 2.20. The van der Waals surface area contributed by atoms with Crippen molar-refractivity contribution in [2.24, 2.45) is 0 Å². The van der Waals surface area contributed by atoms with Crippen molar-refractivity contribution >= 4 is 28.1 Å². The van der Waals surface area contributed by atoms with Crippen LogP contribution in [0.1, 0.15) is 11.1 Å².